The molecule has 0 radical (unpaired) electrons. The number of aryl methyl sites for hydroxylation is 1. The second-order valence-corrected chi connectivity index (χ2v) is 6.21. The normalized spacial score (nSPS) is 11.8. The van der Waals surface area contributed by atoms with Crippen molar-refractivity contribution in [2.24, 2.45) is 0 Å². The van der Waals surface area contributed by atoms with Crippen molar-refractivity contribution in [1.29, 1.82) is 0 Å². The molecule has 0 bridgehead atoms. The van der Waals surface area contributed by atoms with E-state index in [1.807, 2.05) is 30.3 Å². The van der Waals surface area contributed by atoms with Crippen LogP contribution in [0.3, 0.4) is 0 Å². The van der Waals surface area contributed by atoms with Crippen LogP contribution in [0, 0.1) is 12.7 Å². The molecule has 1 unspecified atom stereocenters. The van der Waals surface area contributed by atoms with Gasteiger partial charge in [0.2, 0.25) is 0 Å². The van der Waals surface area contributed by atoms with Crippen molar-refractivity contribution in [2.45, 2.75) is 26.5 Å². The molecule has 1 heterocycles. The summed E-state index contributed by atoms with van der Waals surface area (Å²) in [4.78, 5) is 28.9. The number of rotatable bonds is 5. The molecule has 1 amide bonds. The zero-order valence-electron chi connectivity index (χ0n) is 15.0. The number of nitrogens with one attached hydrogen (secondary N) is 1. The van der Waals surface area contributed by atoms with Gasteiger partial charge in [0.1, 0.15) is 5.82 Å². The Morgan fingerprint density at radius 2 is 1.89 bits per heavy atom. The summed E-state index contributed by atoms with van der Waals surface area (Å²) in [6, 6.07) is 15.2. The van der Waals surface area contributed by atoms with Gasteiger partial charge < -0.3 is 10.1 Å². The molecule has 0 saturated carbocycles. The second-order valence-electron chi connectivity index (χ2n) is 6.21. The van der Waals surface area contributed by atoms with Gasteiger partial charge in [0.25, 0.3) is 5.91 Å². The maximum atomic E-state index is 13.3. The van der Waals surface area contributed by atoms with Crippen molar-refractivity contribution in [3.05, 3.63) is 77.2 Å². The number of hydrogen-bond acceptors (Lipinski definition) is 4. The molecule has 27 heavy (non-hydrogen) atoms. The van der Waals surface area contributed by atoms with Crippen LogP contribution < -0.4 is 5.32 Å². The number of hydrogen-bond donors (Lipinski definition) is 1. The van der Waals surface area contributed by atoms with Crippen LogP contribution in [0.2, 0.25) is 0 Å². The first kappa shape index (κ1) is 18.5. The Morgan fingerprint density at radius 1 is 1.15 bits per heavy atom. The molecule has 3 rings (SSSR count). The van der Waals surface area contributed by atoms with Gasteiger partial charge >= 0.3 is 5.97 Å². The molecule has 5 nitrogen and oxygen atoms in total. The Morgan fingerprint density at radius 3 is 2.63 bits per heavy atom. The third-order valence-corrected chi connectivity index (χ3v) is 4.15. The number of pyridine rings is 1. The third kappa shape index (κ3) is 4.47. The van der Waals surface area contributed by atoms with Gasteiger partial charge in [-0.1, -0.05) is 30.3 Å². The second kappa shape index (κ2) is 7.95. The quantitative estimate of drug-likeness (QED) is 0.701. The molecule has 3 aromatic rings. The summed E-state index contributed by atoms with van der Waals surface area (Å²) in [6.07, 6.45) is -0.954. The zero-order valence-corrected chi connectivity index (χ0v) is 15.0. The summed E-state index contributed by atoms with van der Waals surface area (Å²) in [7, 11) is 0. The van der Waals surface area contributed by atoms with Crippen LogP contribution in [0.25, 0.3) is 10.9 Å². The van der Waals surface area contributed by atoms with Crippen molar-refractivity contribution < 1.29 is 18.7 Å². The number of carbonyl (C=O) groups is 2. The van der Waals surface area contributed by atoms with Crippen LogP contribution in [0.5, 0.6) is 0 Å². The van der Waals surface area contributed by atoms with Crippen LogP contribution >= 0.6 is 0 Å². The first-order valence-corrected chi connectivity index (χ1v) is 8.53. The Labute approximate surface area is 156 Å². The zero-order chi connectivity index (χ0) is 19.4. The average molecular weight is 366 g/mol. The first-order chi connectivity index (χ1) is 12.9. The number of fused-ring (bicyclic) bond motifs is 1. The highest BCUT2D eigenvalue weighted by atomic mass is 19.1. The lowest BCUT2D eigenvalue weighted by molar-refractivity contribution is -0.129. The predicted octanol–water partition coefficient (Wildman–Crippen LogP) is 3.54. The minimum Gasteiger partial charge on any atom is -0.449 e. The Hall–Kier alpha value is -3.28. The SMILES string of the molecule is Cc1nc2cc(F)ccc2cc1C(=O)OC(C)C(=O)NCc1ccccc1. The van der Waals surface area contributed by atoms with Gasteiger partial charge in [-0.2, -0.15) is 0 Å². The number of halogens is 1. The van der Waals surface area contributed by atoms with E-state index in [0.29, 0.717) is 23.1 Å². The first-order valence-electron chi connectivity index (χ1n) is 8.53. The summed E-state index contributed by atoms with van der Waals surface area (Å²) >= 11 is 0. The highest BCUT2D eigenvalue weighted by Gasteiger charge is 2.21. The van der Waals surface area contributed by atoms with E-state index in [1.54, 1.807) is 19.1 Å². The molecule has 0 saturated heterocycles. The summed E-state index contributed by atoms with van der Waals surface area (Å²) in [5.41, 5.74) is 2.07. The fraction of sp³-hybridized carbons (Fsp3) is 0.190. The van der Waals surface area contributed by atoms with Crippen LogP contribution in [-0.2, 0) is 16.1 Å². The predicted molar refractivity (Wildman–Crippen MR) is 99.6 cm³/mol. The molecule has 1 aromatic heterocycles. The molecule has 1 atom stereocenters. The lowest BCUT2D eigenvalue weighted by Crippen LogP contribution is -2.35. The van der Waals surface area contributed by atoms with E-state index in [4.69, 9.17) is 4.74 Å². The number of aromatic nitrogens is 1. The van der Waals surface area contributed by atoms with Crippen molar-refractivity contribution in [2.75, 3.05) is 0 Å². The van der Waals surface area contributed by atoms with Gasteiger partial charge in [0.05, 0.1) is 16.8 Å². The lowest BCUT2D eigenvalue weighted by atomic mass is 10.1. The van der Waals surface area contributed by atoms with Crippen molar-refractivity contribution >= 4 is 22.8 Å². The summed E-state index contributed by atoms with van der Waals surface area (Å²) in [6.45, 7) is 3.50. The van der Waals surface area contributed by atoms with Gasteiger partial charge in [-0.3, -0.25) is 9.78 Å². The van der Waals surface area contributed by atoms with Gasteiger partial charge in [-0.15, -0.1) is 0 Å². The van der Waals surface area contributed by atoms with E-state index in [9.17, 15) is 14.0 Å². The Bertz CT molecular complexity index is 989. The number of amides is 1. The molecule has 0 aliphatic heterocycles. The molecule has 0 aliphatic rings. The maximum absolute atomic E-state index is 13.3. The number of ether oxygens (including phenoxy) is 1. The highest BCUT2D eigenvalue weighted by Crippen LogP contribution is 2.19. The maximum Gasteiger partial charge on any atom is 0.340 e. The van der Waals surface area contributed by atoms with Gasteiger partial charge in [0.15, 0.2) is 6.10 Å². The molecule has 2 aromatic carbocycles. The Kier molecular flexibility index (Phi) is 5.45. The van der Waals surface area contributed by atoms with Crippen molar-refractivity contribution in [1.82, 2.24) is 10.3 Å². The highest BCUT2D eigenvalue weighted by molar-refractivity contribution is 5.96. The molecule has 6 heteroatoms. The molecule has 1 N–H and O–H groups in total. The van der Waals surface area contributed by atoms with E-state index in [0.717, 1.165) is 5.56 Å². The van der Waals surface area contributed by atoms with Crippen LogP contribution in [0.15, 0.2) is 54.6 Å². The van der Waals surface area contributed by atoms with Crippen LogP contribution in [-0.4, -0.2) is 23.0 Å². The fourth-order valence-electron chi connectivity index (χ4n) is 2.65. The van der Waals surface area contributed by atoms with E-state index >= 15 is 0 Å². The van der Waals surface area contributed by atoms with E-state index < -0.39 is 17.9 Å². The third-order valence-electron chi connectivity index (χ3n) is 4.15. The average Bonchev–Trinajstić information content (AvgIpc) is 2.66. The Balaban J connectivity index is 1.67. The molecule has 0 spiro atoms. The molecule has 0 aliphatic carbocycles. The monoisotopic (exact) mass is 366 g/mol. The number of benzene rings is 2. The van der Waals surface area contributed by atoms with Crippen LogP contribution in [0.1, 0.15) is 28.5 Å². The van der Waals surface area contributed by atoms with Crippen molar-refractivity contribution in [3.63, 3.8) is 0 Å². The molecule has 138 valence electrons. The van der Waals surface area contributed by atoms with Gasteiger partial charge in [-0.25, -0.2) is 9.18 Å². The van der Waals surface area contributed by atoms with E-state index in [2.05, 4.69) is 10.3 Å². The van der Waals surface area contributed by atoms with Gasteiger partial charge in [-0.05, 0) is 37.6 Å². The standard InChI is InChI=1S/C21H19FN2O3/c1-13-18(10-16-8-9-17(22)11-19(16)24-13)21(26)27-14(2)20(25)23-12-15-6-4-3-5-7-15/h3-11,14H,12H2,1-2H3,(H,23,25). The number of esters is 1. The van der Waals surface area contributed by atoms with E-state index in [-0.39, 0.29) is 11.5 Å². The molecular weight excluding hydrogens is 347 g/mol. The van der Waals surface area contributed by atoms with Crippen LogP contribution in [0.4, 0.5) is 4.39 Å². The summed E-state index contributed by atoms with van der Waals surface area (Å²) in [5.74, 6) is -1.43. The van der Waals surface area contributed by atoms with E-state index in [1.165, 1.54) is 19.1 Å². The number of carbonyl (C=O) groups excluding carboxylic acids is 2. The van der Waals surface area contributed by atoms with Gasteiger partial charge in [0, 0.05) is 18.0 Å². The molecule has 0 fully saturated rings. The fourth-order valence-corrected chi connectivity index (χ4v) is 2.65. The lowest BCUT2D eigenvalue weighted by Gasteiger charge is -2.14. The largest absolute Gasteiger partial charge is 0.449 e. The number of nitrogens with zero attached hydrogens (tertiary/aromatic N) is 1. The topological polar surface area (TPSA) is 68.3 Å². The minimum absolute atomic E-state index is 0.247. The molecular formula is C21H19FN2O3. The smallest absolute Gasteiger partial charge is 0.340 e. The summed E-state index contributed by atoms with van der Waals surface area (Å²) in [5, 5.41) is 3.35. The summed E-state index contributed by atoms with van der Waals surface area (Å²) < 4.78 is 18.6. The van der Waals surface area contributed by atoms with Crippen molar-refractivity contribution in [3.8, 4) is 0 Å². The minimum atomic E-state index is -0.954.